The highest BCUT2D eigenvalue weighted by Gasteiger charge is 2.40. The largest absolute Gasteiger partial charge is 0.493 e. The topological polar surface area (TPSA) is 91.1 Å². The van der Waals surface area contributed by atoms with E-state index in [1.54, 1.807) is 7.11 Å². The van der Waals surface area contributed by atoms with Crippen LogP contribution in [0, 0.1) is 5.92 Å². The van der Waals surface area contributed by atoms with Crippen LogP contribution in [-0.2, 0) is 9.53 Å². The van der Waals surface area contributed by atoms with Crippen molar-refractivity contribution < 1.29 is 23.8 Å². The molecule has 3 rings (SSSR count). The Balaban J connectivity index is 1.86. The molecule has 1 aliphatic carbocycles. The van der Waals surface area contributed by atoms with Crippen LogP contribution in [0.2, 0.25) is 0 Å². The Morgan fingerprint density at radius 2 is 1.85 bits per heavy atom. The number of carbonyl (C=O) groups is 2. The summed E-state index contributed by atoms with van der Waals surface area (Å²) in [5, 5.41) is 0. The van der Waals surface area contributed by atoms with E-state index in [0.717, 1.165) is 18.4 Å². The number of likely N-dealkylation sites (tertiary alicyclic amines) is 1. The molecule has 0 bridgehead atoms. The lowest BCUT2D eigenvalue weighted by molar-refractivity contribution is -0.121. The van der Waals surface area contributed by atoms with Gasteiger partial charge in [0.15, 0.2) is 11.5 Å². The number of carbonyl (C=O) groups excluding carboxylic acids is 2. The molecule has 1 saturated carbocycles. The van der Waals surface area contributed by atoms with Crippen LogP contribution in [0.4, 0.5) is 4.79 Å². The van der Waals surface area contributed by atoms with Gasteiger partial charge in [-0.1, -0.05) is 6.07 Å². The highest BCUT2D eigenvalue weighted by atomic mass is 16.5. The molecule has 2 fully saturated rings. The summed E-state index contributed by atoms with van der Waals surface area (Å²) in [6.07, 6.45) is 4.17. The molecule has 2 aliphatic rings. The average Bonchev–Trinajstić information content (AvgIpc) is 3.30. The molecule has 2 amide bonds. The third kappa shape index (κ3) is 3.71. The third-order valence-corrected chi connectivity index (χ3v) is 5.33. The summed E-state index contributed by atoms with van der Waals surface area (Å²) in [5.74, 6) is 0.275. The van der Waals surface area contributed by atoms with Crippen LogP contribution in [0.25, 0.3) is 0 Å². The number of nitrogens with two attached hydrogens (primary N) is 1. The Kier molecular flexibility index (Phi) is 5.54. The fourth-order valence-corrected chi connectivity index (χ4v) is 3.91. The number of primary amides is 1. The molecule has 7 heteroatoms. The molecular weight excluding hydrogens is 336 g/mol. The summed E-state index contributed by atoms with van der Waals surface area (Å²) in [7, 11) is 2.94. The molecule has 1 aliphatic heterocycles. The lowest BCUT2D eigenvalue weighted by Gasteiger charge is -2.20. The molecule has 0 spiro atoms. The van der Waals surface area contributed by atoms with Gasteiger partial charge in [0.1, 0.15) is 0 Å². The number of methoxy groups -OCH3 is 2. The van der Waals surface area contributed by atoms with Crippen molar-refractivity contribution in [2.24, 2.45) is 11.7 Å². The van der Waals surface area contributed by atoms with Crippen LogP contribution in [-0.4, -0.2) is 50.3 Å². The maximum atomic E-state index is 11.9. The highest BCUT2D eigenvalue weighted by Crippen LogP contribution is 2.38. The molecule has 1 aromatic carbocycles. The van der Waals surface area contributed by atoms with E-state index in [2.05, 4.69) is 0 Å². The first-order valence-corrected chi connectivity index (χ1v) is 9.00. The van der Waals surface area contributed by atoms with Crippen LogP contribution in [0.1, 0.15) is 37.2 Å². The second kappa shape index (κ2) is 7.85. The van der Waals surface area contributed by atoms with Gasteiger partial charge in [-0.15, -0.1) is 0 Å². The lowest BCUT2D eigenvalue weighted by Crippen LogP contribution is -2.31. The van der Waals surface area contributed by atoms with E-state index < -0.39 is 17.9 Å². The standard InChI is InChI=1S/C19H26N2O5/c1-24-16-8-7-12(9-17(16)26-13-5-3-4-6-13)14-10-21(19(23)25-2)11-15(14)18(20)22/h7-9,13-15H,3-6,10-11H2,1-2H3,(H2,20,22)/t14-,15+/m1/s1. The zero-order valence-electron chi connectivity index (χ0n) is 15.3. The van der Waals surface area contributed by atoms with Crippen molar-refractivity contribution in [2.45, 2.75) is 37.7 Å². The summed E-state index contributed by atoms with van der Waals surface area (Å²) in [5.41, 5.74) is 6.49. The van der Waals surface area contributed by atoms with Crippen molar-refractivity contribution in [3.63, 3.8) is 0 Å². The predicted octanol–water partition coefficient (Wildman–Crippen LogP) is 2.28. The van der Waals surface area contributed by atoms with Crippen molar-refractivity contribution in [1.29, 1.82) is 0 Å². The first kappa shape index (κ1) is 18.4. The molecular formula is C19H26N2O5. The van der Waals surface area contributed by atoms with Gasteiger partial charge in [0, 0.05) is 19.0 Å². The maximum absolute atomic E-state index is 11.9. The third-order valence-electron chi connectivity index (χ3n) is 5.33. The van der Waals surface area contributed by atoms with Crippen LogP contribution in [0.15, 0.2) is 18.2 Å². The lowest BCUT2D eigenvalue weighted by atomic mass is 9.88. The van der Waals surface area contributed by atoms with E-state index in [4.69, 9.17) is 19.9 Å². The first-order chi connectivity index (χ1) is 12.5. The summed E-state index contributed by atoms with van der Waals surface area (Å²) < 4.78 is 16.4. The summed E-state index contributed by atoms with van der Waals surface area (Å²) in [6.45, 7) is 0.646. The Morgan fingerprint density at radius 1 is 1.12 bits per heavy atom. The first-order valence-electron chi connectivity index (χ1n) is 9.00. The number of ether oxygens (including phenoxy) is 3. The Bertz CT molecular complexity index is 672. The van der Waals surface area contributed by atoms with E-state index in [9.17, 15) is 9.59 Å². The van der Waals surface area contributed by atoms with Crippen LogP contribution < -0.4 is 15.2 Å². The molecule has 0 unspecified atom stereocenters. The van der Waals surface area contributed by atoms with Gasteiger partial charge in [0.25, 0.3) is 0 Å². The van der Waals surface area contributed by atoms with E-state index in [1.165, 1.54) is 24.9 Å². The molecule has 1 saturated heterocycles. The molecule has 0 aromatic heterocycles. The number of rotatable bonds is 5. The average molecular weight is 362 g/mol. The molecule has 1 aromatic rings. The fraction of sp³-hybridized carbons (Fsp3) is 0.579. The van der Waals surface area contributed by atoms with Crippen molar-refractivity contribution in [3.8, 4) is 11.5 Å². The quantitative estimate of drug-likeness (QED) is 0.868. The highest BCUT2D eigenvalue weighted by molar-refractivity contribution is 5.80. The smallest absolute Gasteiger partial charge is 0.409 e. The van der Waals surface area contributed by atoms with Gasteiger partial charge >= 0.3 is 6.09 Å². The van der Waals surface area contributed by atoms with E-state index in [1.807, 2.05) is 18.2 Å². The predicted molar refractivity (Wildman–Crippen MR) is 95.3 cm³/mol. The molecule has 1 heterocycles. The normalized spacial score (nSPS) is 23.1. The zero-order chi connectivity index (χ0) is 18.7. The van der Waals surface area contributed by atoms with E-state index >= 15 is 0 Å². The second-order valence-corrected chi connectivity index (χ2v) is 6.92. The van der Waals surface area contributed by atoms with Crippen LogP contribution >= 0.6 is 0 Å². The summed E-state index contributed by atoms with van der Waals surface area (Å²) in [6, 6.07) is 5.67. The van der Waals surface area contributed by atoms with E-state index in [0.29, 0.717) is 18.0 Å². The zero-order valence-corrected chi connectivity index (χ0v) is 15.3. The molecule has 0 radical (unpaired) electrons. The van der Waals surface area contributed by atoms with Gasteiger partial charge in [0.2, 0.25) is 5.91 Å². The number of nitrogens with zero attached hydrogens (tertiary/aromatic N) is 1. The molecule has 2 atom stereocenters. The summed E-state index contributed by atoms with van der Waals surface area (Å²) in [4.78, 5) is 25.3. The van der Waals surface area contributed by atoms with Crippen LogP contribution in [0.5, 0.6) is 11.5 Å². The molecule has 26 heavy (non-hydrogen) atoms. The monoisotopic (exact) mass is 362 g/mol. The van der Waals surface area contributed by atoms with Crippen LogP contribution in [0.3, 0.4) is 0 Å². The van der Waals surface area contributed by atoms with Crippen molar-refractivity contribution in [3.05, 3.63) is 23.8 Å². The fourth-order valence-electron chi connectivity index (χ4n) is 3.91. The number of hydrogen-bond donors (Lipinski definition) is 1. The number of benzene rings is 1. The Hall–Kier alpha value is -2.44. The van der Waals surface area contributed by atoms with Gasteiger partial charge in [-0.05, 0) is 43.4 Å². The minimum Gasteiger partial charge on any atom is -0.493 e. The SMILES string of the molecule is COC(=O)N1C[C@H](C(N)=O)[C@@H](c2ccc(OC)c(OC3CCCC3)c2)C1. The summed E-state index contributed by atoms with van der Waals surface area (Å²) >= 11 is 0. The van der Waals surface area contributed by atoms with Crippen molar-refractivity contribution in [2.75, 3.05) is 27.3 Å². The molecule has 142 valence electrons. The van der Waals surface area contributed by atoms with Gasteiger partial charge < -0.3 is 24.8 Å². The Labute approximate surface area is 153 Å². The van der Waals surface area contributed by atoms with Gasteiger partial charge in [-0.3, -0.25) is 4.79 Å². The van der Waals surface area contributed by atoms with Crippen molar-refractivity contribution >= 4 is 12.0 Å². The number of amides is 2. The Morgan fingerprint density at radius 3 is 2.46 bits per heavy atom. The second-order valence-electron chi connectivity index (χ2n) is 6.92. The van der Waals surface area contributed by atoms with Gasteiger partial charge in [0.05, 0.1) is 26.2 Å². The van der Waals surface area contributed by atoms with Gasteiger partial charge in [-0.25, -0.2) is 4.79 Å². The van der Waals surface area contributed by atoms with Crippen molar-refractivity contribution in [1.82, 2.24) is 4.90 Å². The molecule has 2 N–H and O–H groups in total. The maximum Gasteiger partial charge on any atom is 0.409 e. The minimum absolute atomic E-state index is 0.191. The molecule has 7 nitrogen and oxygen atoms in total. The van der Waals surface area contributed by atoms with E-state index in [-0.39, 0.29) is 18.6 Å². The number of hydrogen-bond acceptors (Lipinski definition) is 5. The minimum atomic E-state index is -0.457. The van der Waals surface area contributed by atoms with Gasteiger partial charge in [-0.2, -0.15) is 0 Å².